The van der Waals surface area contributed by atoms with Gasteiger partial charge < -0.3 is 9.67 Å². The largest absolute Gasteiger partial charge is 0.478 e. The second-order valence-electron chi connectivity index (χ2n) is 7.98. The lowest BCUT2D eigenvalue weighted by Gasteiger charge is -2.20. The van der Waals surface area contributed by atoms with Crippen LogP contribution in [-0.4, -0.2) is 47.2 Å². The van der Waals surface area contributed by atoms with Crippen LogP contribution in [0.2, 0.25) is 5.02 Å². The number of anilines is 1. The van der Waals surface area contributed by atoms with Crippen molar-refractivity contribution in [3.05, 3.63) is 88.0 Å². The van der Waals surface area contributed by atoms with Gasteiger partial charge in [0.05, 0.1) is 18.3 Å². The number of carboxylic acid groups (broad SMARTS) is 1. The SMILES string of the molecule is CCCCc1ncc(C(=O)N(Cc2ccc(Cl)cc2)c2nn[nH]n2)n1Cc1ccc(C(=O)O)cc1. The Morgan fingerprint density at radius 3 is 2.43 bits per heavy atom. The standard InChI is InChI=1S/C24H24ClN7O3/c1-2-3-4-21-26-13-20(31(21)14-16-5-9-18(10-6-16)23(34)35)22(33)32(24-27-29-30-28-24)15-17-7-11-19(25)12-8-17/h5-13H,2-4,14-15H2,1H3,(H,34,35)(H,27,28,29,30). The second kappa shape index (κ2) is 10.9. The van der Waals surface area contributed by atoms with Crippen LogP contribution in [0.1, 0.15) is 57.6 Å². The zero-order valence-electron chi connectivity index (χ0n) is 19.1. The van der Waals surface area contributed by atoms with Crippen LogP contribution in [0, 0.1) is 0 Å². The summed E-state index contributed by atoms with van der Waals surface area (Å²) in [5.41, 5.74) is 2.27. The Balaban J connectivity index is 1.68. The molecule has 1 amide bonds. The number of unbranched alkanes of at least 4 members (excludes halogenated alkanes) is 1. The summed E-state index contributed by atoms with van der Waals surface area (Å²) in [4.78, 5) is 31.0. The van der Waals surface area contributed by atoms with Crippen LogP contribution in [0.15, 0.2) is 54.7 Å². The maximum absolute atomic E-state index is 13.8. The number of hydrogen-bond donors (Lipinski definition) is 2. The number of aryl methyl sites for hydroxylation is 1. The number of nitrogens with zero attached hydrogens (tertiary/aromatic N) is 6. The van der Waals surface area contributed by atoms with E-state index in [-0.39, 0.29) is 24.0 Å². The van der Waals surface area contributed by atoms with Crippen molar-refractivity contribution >= 4 is 29.4 Å². The highest BCUT2D eigenvalue weighted by molar-refractivity contribution is 6.30. The van der Waals surface area contributed by atoms with Gasteiger partial charge in [-0.15, -0.1) is 5.10 Å². The lowest BCUT2D eigenvalue weighted by molar-refractivity contribution is 0.0696. The van der Waals surface area contributed by atoms with Gasteiger partial charge in [-0.25, -0.2) is 9.78 Å². The average molecular weight is 494 g/mol. The first kappa shape index (κ1) is 24.1. The van der Waals surface area contributed by atoms with E-state index in [0.29, 0.717) is 23.7 Å². The minimum atomic E-state index is -0.989. The molecular formula is C24H24ClN7O3. The first-order valence-corrected chi connectivity index (χ1v) is 11.5. The zero-order chi connectivity index (χ0) is 24.8. The number of rotatable bonds is 10. The number of aromatic carboxylic acids is 1. The quantitative estimate of drug-likeness (QED) is 0.341. The number of carbonyl (C=O) groups excluding carboxylic acids is 1. The Kier molecular flexibility index (Phi) is 7.51. The molecular weight excluding hydrogens is 470 g/mol. The Bertz CT molecular complexity index is 1290. The predicted octanol–water partition coefficient (Wildman–Crippen LogP) is 3.99. The number of hydrogen-bond acceptors (Lipinski definition) is 6. The van der Waals surface area contributed by atoms with E-state index in [1.165, 1.54) is 4.90 Å². The molecule has 35 heavy (non-hydrogen) atoms. The van der Waals surface area contributed by atoms with Crippen molar-refractivity contribution in [1.82, 2.24) is 30.2 Å². The summed E-state index contributed by atoms with van der Waals surface area (Å²) in [5, 5.41) is 23.8. The van der Waals surface area contributed by atoms with Crippen molar-refractivity contribution in [2.24, 2.45) is 0 Å². The third kappa shape index (κ3) is 5.72. The molecule has 0 aliphatic heterocycles. The molecule has 2 aromatic carbocycles. The van der Waals surface area contributed by atoms with E-state index in [2.05, 4.69) is 32.5 Å². The van der Waals surface area contributed by atoms with Crippen LogP contribution >= 0.6 is 11.6 Å². The van der Waals surface area contributed by atoms with Gasteiger partial charge in [-0.1, -0.05) is 54.3 Å². The highest BCUT2D eigenvalue weighted by Gasteiger charge is 2.26. The van der Waals surface area contributed by atoms with Gasteiger partial charge in [0, 0.05) is 18.0 Å². The number of carbonyl (C=O) groups is 2. The molecule has 2 heterocycles. The first-order chi connectivity index (χ1) is 17.0. The minimum Gasteiger partial charge on any atom is -0.478 e. The number of halogens is 1. The van der Waals surface area contributed by atoms with Gasteiger partial charge >= 0.3 is 5.97 Å². The van der Waals surface area contributed by atoms with Gasteiger partial charge in [0.25, 0.3) is 11.9 Å². The van der Waals surface area contributed by atoms with Crippen molar-refractivity contribution in [2.45, 2.75) is 39.3 Å². The van der Waals surface area contributed by atoms with Crippen molar-refractivity contribution in [1.29, 1.82) is 0 Å². The van der Waals surface area contributed by atoms with E-state index in [0.717, 1.165) is 29.8 Å². The topological polar surface area (TPSA) is 130 Å². The molecule has 180 valence electrons. The molecule has 0 saturated heterocycles. The molecule has 0 radical (unpaired) electrons. The van der Waals surface area contributed by atoms with E-state index in [1.807, 2.05) is 16.7 Å². The van der Waals surface area contributed by atoms with Gasteiger partial charge in [-0.2, -0.15) is 5.21 Å². The molecule has 0 aliphatic carbocycles. The summed E-state index contributed by atoms with van der Waals surface area (Å²) in [5.74, 6) is -0.411. The third-order valence-corrected chi connectivity index (χ3v) is 5.78. The van der Waals surface area contributed by atoms with Crippen LogP contribution in [0.3, 0.4) is 0 Å². The highest BCUT2D eigenvalue weighted by Crippen LogP contribution is 2.20. The number of amides is 1. The molecule has 2 N–H and O–H groups in total. The van der Waals surface area contributed by atoms with Gasteiger partial charge in [-0.05, 0) is 47.0 Å². The Labute approximate surface area is 206 Å². The monoisotopic (exact) mass is 493 g/mol. The maximum Gasteiger partial charge on any atom is 0.335 e. The summed E-state index contributed by atoms with van der Waals surface area (Å²) in [6.07, 6.45) is 4.17. The third-order valence-electron chi connectivity index (χ3n) is 5.53. The van der Waals surface area contributed by atoms with Crippen molar-refractivity contribution in [3.63, 3.8) is 0 Å². The van der Waals surface area contributed by atoms with E-state index >= 15 is 0 Å². The smallest absolute Gasteiger partial charge is 0.335 e. The number of carboxylic acids is 1. The Morgan fingerprint density at radius 2 is 1.80 bits per heavy atom. The Hall–Kier alpha value is -4.05. The van der Waals surface area contributed by atoms with E-state index in [1.54, 1.807) is 42.6 Å². The number of imidazole rings is 1. The number of benzene rings is 2. The van der Waals surface area contributed by atoms with Gasteiger partial charge in [0.15, 0.2) is 0 Å². The van der Waals surface area contributed by atoms with Gasteiger partial charge in [0.1, 0.15) is 11.5 Å². The van der Waals surface area contributed by atoms with Crippen molar-refractivity contribution in [2.75, 3.05) is 4.90 Å². The van der Waals surface area contributed by atoms with E-state index < -0.39 is 5.97 Å². The first-order valence-electron chi connectivity index (χ1n) is 11.1. The molecule has 4 rings (SSSR count). The molecule has 2 aromatic heterocycles. The Morgan fingerprint density at radius 1 is 1.09 bits per heavy atom. The number of nitrogens with one attached hydrogen (secondary N) is 1. The van der Waals surface area contributed by atoms with Crippen LogP contribution in [0.25, 0.3) is 0 Å². The lowest BCUT2D eigenvalue weighted by Crippen LogP contribution is -2.33. The highest BCUT2D eigenvalue weighted by atomic mass is 35.5. The van der Waals surface area contributed by atoms with Gasteiger partial charge in [0.2, 0.25) is 0 Å². The number of aromatic nitrogens is 6. The normalized spacial score (nSPS) is 10.9. The van der Waals surface area contributed by atoms with E-state index in [4.69, 9.17) is 11.6 Å². The lowest BCUT2D eigenvalue weighted by atomic mass is 10.1. The number of aromatic amines is 1. The van der Waals surface area contributed by atoms with Crippen LogP contribution < -0.4 is 4.90 Å². The second-order valence-corrected chi connectivity index (χ2v) is 8.42. The van der Waals surface area contributed by atoms with Crippen LogP contribution in [0.5, 0.6) is 0 Å². The molecule has 0 bridgehead atoms. The number of H-pyrrole nitrogens is 1. The summed E-state index contributed by atoms with van der Waals surface area (Å²) in [7, 11) is 0. The molecule has 0 atom stereocenters. The maximum atomic E-state index is 13.8. The molecule has 0 fully saturated rings. The fourth-order valence-corrected chi connectivity index (χ4v) is 3.77. The fourth-order valence-electron chi connectivity index (χ4n) is 3.65. The number of tetrazole rings is 1. The van der Waals surface area contributed by atoms with Gasteiger partial charge in [-0.3, -0.25) is 9.69 Å². The predicted molar refractivity (Wildman–Crippen MR) is 129 cm³/mol. The summed E-state index contributed by atoms with van der Waals surface area (Å²) in [6.45, 7) is 2.66. The fraction of sp³-hybridized carbons (Fsp3) is 0.250. The van der Waals surface area contributed by atoms with Crippen LogP contribution in [-0.2, 0) is 19.5 Å². The minimum absolute atomic E-state index is 0.138. The molecule has 0 saturated carbocycles. The van der Waals surface area contributed by atoms with E-state index in [9.17, 15) is 14.7 Å². The molecule has 0 aliphatic rings. The summed E-state index contributed by atoms with van der Waals surface area (Å²) < 4.78 is 1.86. The summed E-state index contributed by atoms with van der Waals surface area (Å²) in [6, 6.07) is 13.8. The molecule has 0 spiro atoms. The molecule has 11 heteroatoms. The van der Waals surface area contributed by atoms with Crippen molar-refractivity contribution in [3.8, 4) is 0 Å². The average Bonchev–Trinajstić information content (AvgIpc) is 3.53. The molecule has 4 aromatic rings. The zero-order valence-corrected chi connectivity index (χ0v) is 19.8. The van der Waals surface area contributed by atoms with Crippen molar-refractivity contribution < 1.29 is 14.7 Å². The molecule has 0 unspecified atom stereocenters. The molecule has 10 nitrogen and oxygen atoms in total. The van der Waals surface area contributed by atoms with Crippen LogP contribution in [0.4, 0.5) is 5.95 Å². The summed E-state index contributed by atoms with van der Waals surface area (Å²) >= 11 is 6.01.